The number of carbonyl (C=O) groups is 2. The first kappa shape index (κ1) is 17.5. The van der Waals surface area contributed by atoms with Crippen molar-refractivity contribution in [1.82, 2.24) is 4.90 Å². The number of amides is 2. The van der Waals surface area contributed by atoms with Gasteiger partial charge in [-0.2, -0.15) is 0 Å². The van der Waals surface area contributed by atoms with Crippen LogP contribution in [-0.4, -0.2) is 34.8 Å². The van der Waals surface area contributed by atoms with Gasteiger partial charge in [0.1, 0.15) is 0 Å². The molecule has 25 heavy (non-hydrogen) atoms. The average Bonchev–Trinajstić information content (AvgIpc) is 2.78. The summed E-state index contributed by atoms with van der Waals surface area (Å²) in [5.74, 6) is 0.356. The summed E-state index contributed by atoms with van der Waals surface area (Å²) in [6.45, 7) is 0.586. The van der Waals surface area contributed by atoms with Gasteiger partial charge in [0, 0.05) is 19.3 Å². The lowest BCUT2D eigenvalue weighted by Gasteiger charge is -2.19. The molecule has 3 rings (SSSR count). The van der Waals surface area contributed by atoms with Crippen LogP contribution in [0.15, 0.2) is 54.6 Å². The predicted molar refractivity (Wildman–Crippen MR) is 103 cm³/mol. The molecule has 0 saturated heterocycles. The highest BCUT2D eigenvalue weighted by molar-refractivity contribution is 8.01. The highest BCUT2D eigenvalue weighted by Crippen LogP contribution is 2.27. The van der Waals surface area contributed by atoms with E-state index in [0.29, 0.717) is 12.3 Å². The first-order valence-corrected chi connectivity index (χ1v) is 9.46. The molecule has 2 amide bonds. The second-order valence-corrected chi connectivity index (χ2v) is 7.41. The number of para-hydroxylation sites is 1. The zero-order chi connectivity index (χ0) is 17.6. The molecule has 0 unspecified atom stereocenters. The average molecular weight is 354 g/mol. The molecule has 0 saturated carbocycles. The number of anilines is 1. The second-order valence-electron chi connectivity index (χ2n) is 6.22. The normalized spacial score (nSPS) is 16.5. The molecule has 0 aliphatic carbocycles. The van der Waals surface area contributed by atoms with Gasteiger partial charge in [0.05, 0.1) is 11.0 Å². The number of thioether (sulfide) groups is 1. The van der Waals surface area contributed by atoms with Crippen molar-refractivity contribution in [2.45, 2.75) is 24.6 Å². The molecule has 0 radical (unpaired) electrons. The summed E-state index contributed by atoms with van der Waals surface area (Å²) in [5, 5.41) is 2.79. The molecule has 0 fully saturated rings. The van der Waals surface area contributed by atoms with E-state index >= 15 is 0 Å². The minimum Gasteiger partial charge on any atom is -0.341 e. The fourth-order valence-corrected chi connectivity index (χ4v) is 3.94. The Hall–Kier alpha value is -2.27. The van der Waals surface area contributed by atoms with Crippen LogP contribution in [0.1, 0.15) is 17.5 Å². The number of nitrogens with one attached hydrogen (secondary N) is 1. The van der Waals surface area contributed by atoms with Gasteiger partial charge in [-0.25, -0.2) is 0 Å². The molecule has 0 aromatic heterocycles. The van der Waals surface area contributed by atoms with Crippen molar-refractivity contribution in [3.8, 4) is 0 Å². The Morgan fingerprint density at radius 3 is 2.68 bits per heavy atom. The Labute approximate surface area is 152 Å². The van der Waals surface area contributed by atoms with E-state index in [9.17, 15) is 9.59 Å². The highest BCUT2D eigenvalue weighted by Gasteiger charge is 2.25. The maximum atomic E-state index is 12.4. The molecular weight excluding hydrogens is 332 g/mol. The predicted octanol–water partition coefficient (Wildman–Crippen LogP) is 3.33. The number of carbonyl (C=O) groups excluding carboxylic acids is 2. The standard InChI is InChI=1S/C20H22N2O2S/c1-22(13-15-7-3-2-4-8-15)19(23)14-25-18-12-11-16-9-5-6-10-17(16)21-20(18)24/h2-10,18H,11-14H2,1H3,(H,21,24)/t18-/m1/s1. The Balaban J connectivity index is 1.53. The summed E-state index contributed by atoms with van der Waals surface area (Å²) >= 11 is 1.43. The Kier molecular flexibility index (Phi) is 5.76. The van der Waals surface area contributed by atoms with Crippen LogP contribution < -0.4 is 5.32 Å². The molecule has 1 atom stereocenters. The molecule has 0 bridgehead atoms. The van der Waals surface area contributed by atoms with Gasteiger partial charge >= 0.3 is 0 Å². The van der Waals surface area contributed by atoms with Gasteiger partial charge in [0.2, 0.25) is 11.8 Å². The summed E-state index contributed by atoms with van der Waals surface area (Å²) in [6, 6.07) is 17.8. The van der Waals surface area contributed by atoms with Gasteiger partial charge in [-0.3, -0.25) is 9.59 Å². The number of nitrogens with zero attached hydrogens (tertiary/aromatic N) is 1. The van der Waals surface area contributed by atoms with E-state index in [4.69, 9.17) is 0 Å². The van der Waals surface area contributed by atoms with Crippen molar-refractivity contribution in [1.29, 1.82) is 0 Å². The van der Waals surface area contributed by atoms with Gasteiger partial charge < -0.3 is 10.2 Å². The molecule has 4 nitrogen and oxygen atoms in total. The van der Waals surface area contributed by atoms with Gasteiger partial charge in [-0.15, -0.1) is 11.8 Å². The lowest BCUT2D eigenvalue weighted by molar-refractivity contribution is -0.127. The summed E-state index contributed by atoms with van der Waals surface area (Å²) in [4.78, 5) is 26.5. The van der Waals surface area contributed by atoms with E-state index in [1.807, 2.05) is 54.6 Å². The third-order valence-electron chi connectivity index (χ3n) is 4.34. The van der Waals surface area contributed by atoms with Crippen molar-refractivity contribution in [2.75, 3.05) is 18.1 Å². The first-order valence-electron chi connectivity index (χ1n) is 8.42. The Morgan fingerprint density at radius 2 is 1.88 bits per heavy atom. The summed E-state index contributed by atoms with van der Waals surface area (Å²) < 4.78 is 0. The third-order valence-corrected chi connectivity index (χ3v) is 5.61. The van der Waals surface area contributed by atoms with Crippen LogP contribution >= 0.6 is 11.8 Å². The Bertz CT molecular complexity index is 748. The summed E-state index contributed by atoms with van der Waals surface area (Å²) in [5.41, 5.74) is 3.15. The number of aryl methyl sites for hydroxylation is 1. The van der Waals surface area contributed by atoms with E-state index in [1.54, 1.807) is 11.9 Å². The molecule has 2 aromatic carbocycles. The SMILES string of the molecule is CN(Cc1ccccc1)C(=O)CS[C@@H]1CCc2ccccc2NC1=O. The third kappa shape index (κ3) is 4.63. The van der Waals surface area contributed by atoms with E-state index < -0.39 is 0 Å². The van der Waals surface area contributed by atoms with E-state index in [2.05, 4.69) is 5.32 Å². The maximum Gasteiger partial charge on any atom is 0.237 e. The molecule has 1 N–H and O–H groups in total. The first-order chi connectivity index (χ1) is 12.1. The van der Waals surface area contributed by atoms with E-state index in [0.717, 1.165) is 29.7 Å². The van der Waals surface area contributed by atoms with Crippen LogP contribution in [0.2, 0.25) is 0 Å². The fraction of sp³-hybridized carbons (Fsp3) is 0.300. The number of rotatable bonds is 5. The smallest absolute Gasteiger partial charge is 0.237 e. The lowest BCUT2D eigenvalue weighted by Crippen LogP contribution is -2.30. The van der Waals surface area contributed by atoms with Crippen LogP contribution in [0.3, 0.4) is 0 Å². The minimum atomic E-state index is -0.193. The molecular formula is C20H22N2O2S. The Morgan fingerprint density at radius 1 is 1.16 bits per heavy atom. The largest absolute Gasteiger partial charge is 0.341 e. The van der Waals surface area contributed by atoms with Crippen molar-refractivity contribution in [2.24, 2.45) is 0 Å². The molecule has 5 heteroatoms. The molecule has 0 spiro atoms. The molecule has 1 aliphatic rings. The number of fused-ring (bicyclic) bond motifs is 1. The van der Waals surface area contributed by atoms with E-state index in [-0.39, 0.29) is 17.1 Å². The zero-order valence-corrected chi connectivity index (χ0v) is 15.1. The molecule has 1 heterocycles. The fourth-order valence-electron chi connectivity index (χ4n) is 2.88. The second kappa shape index (κ2) is 8.21. The van der Waals surface area contributed by atoms with Crippen LogP contribution in [0, 0.1) is 0 Å². The summed E-state index contributed by atoms with van der Waals surface area (Å²) in [6.07, 6.45) is 1.60. The topological polar surface area (TPSA) is 49.4 Å². The lowest BCUT2D eigenvalue weighted by atomic mass is 10.1. The monoisotopic (exact) mass is 354 g/mol. The molecule has 2 aromatic rings. The van der Waals surface area contributed by atoms with E-state index in [1.165, 1.54) is 11.8 Å². The van der Waals surface area contributed by atoms with Crippen molar-refractivity contribution in [3.05, 3.63) is 65.7 Å². The summed E-state index contributed by atoms with van der Waals surface area (Å²) in [7, 11) is 1.80. The van der Waals surface area contributed by atoms with Crippen LogP contribution in [0.25, 0.3) is 0 Å². The van der Waals surface area contributed by atoms with Crippen molar-refractivity contribution < 1.29 is 9.59 Å². The van der Waals surface area contributed by atoms with Crippen molar-refractivity contribution in [3.63, 3.8) is 0 Å². The maximum absolute atomic E-state index is 12.4. The zero-order valence-electron chi connectivity index (χ0n) is 14.3. The van der Waals surface area contributed by atoms with Crippen LogP contribution in [0.4, 0.5) is 5.69 Å². The van der Waals surface area contributed by atoms with Gasteiger partial charge in [-0.1, -0.05) is 48.5 Å². The minimum absolute atomic E-state index is 0.00605. The number of hydrogen-bond acceptors (Lipinski definition) is 3. The quantitative estimate of drug-likeness (QED) is 0.896. The van der Waals surface area contributed by atoms with Crippen LogP contribution in [0.5, 0.6) is 0 Å². The van der Waals surface area contributed by atoms with Gasteiger partial charge in [0.25, 0.3) is 0 Å². The van der Waals surface area contributed by atoms with Gasteiger partial charge in [0.15, 0.2) is 0 Å². The van der Waals surface area contributed by atoms with Gasteiger partial charge in [-0.05, 0) is 30.0 Å². The van der Waals surface area contributed by atoms with Crippen LogP contribution in [-0.2, 0) is 22.6 Å². The molecule has 130 valence electrons. The number of benzene rings is 2. The van der Waals surface area contributed by atoms with Crippen molar-refractivity contribution >= 4 is 29.3 Å². The number of hydrogen-bond donors (Lipinski definition) is 1. The molecule has 1 aliphatic heterocycles. The highest BCUT2D eigenvalue weighted by atomic mass is 32.2.